The first-order valence-electron chi connectivity index (χ1n) is 7.76. The van der Waals surface area contributed by atoms with Crippen molar-refractivity contribution in [3.63, 3.8) is 0 Å². The Labute approximate surface area is 153 Å². The van der Waals surface area contributed by atoms with Gasteiger partial charge >= 0.3 is 5.97 Å². The van der Waals surface area contributed by atoms with Crippen molar-refractivity contribution in [2.75, 3.05) is 6.79 Å². The maximum absolute atomic E-state index is 13.7. The van der Waals surface area contributed by atoms with Crippen LogP contribution in [0.25, 0.3) is 0 Å². The summed E-state index contributed by atoms with van der Waals surface area (Å²) in [5.74, 6) is -1.000. The molecule has 0 saturated carbocycles. The quantitative estimate of drug-likeness (QED) is 0.808. The number of esters is 1. The average molecular weight is 380 g/mol. The Bertz CT molecular complexity index is 857. The van der Waals surface area contributed by atoms with Crippen molar-refractivity contribution in [3.05, 3.63) is 58.4 Å². The van der Waals surface area contributed by atoms with Gasteiger partial charge in [-0.3, -0.25) is 4.79 Å². The molecule has 8 heteroatoms. The fraction of sp³-hybridized carbons (Fsp3) is 0.222. The highest BCUT2D eigenvalue weighted by Gasteiger charge is 2.21. The Kier molecular flexibility index (Phi) is 5.27. The van der Waals surface area contributed by atoms with E-state index in [1.54, 1.807) is 18.2 Å². The molecule has 0 radical (unpaired) electrons. The molecule has 0 saturated heterocycles. The van der Waals surface area contributed by atoms with E-state index in [0.717, 1.165) is 17.7 Å². The molecule has 1 aliphatic rings. The summed E-state index contributed by atoms with van der Waals surface area (Å²) in [5, 5.41) is 2.83. The molecule has 6 nitrogen and oxygen atoms in total. The number of carbonyl (C=O) groups excluding carboxylic acids is 2. The van der Waals surface area contributed by atoms with E-state index >= 15 is 0 Å². The van der Waals surface area contributed by atoms with E-state index in [1.165, 1.54) is 13.0 Å². The lowest BCUT2D eigenvalue weighted by Gasteiger charge is -2.14. The van der Waals surface area contributed by atoms with Gasteiger partial charge in [0.1, 0.15) is 5.82 Å². The Morgan fingerprint density at radius 3 is 2.81 bits per heavy atom. The molecule has 26 heavy (non-hydrogen) atoms. The number of amides is 1. The molecule has 0 spiro atoms. The van der Waals surface area contributed by atoms with E-state index in [4.69, 9.17) is 25.8 Å². The Balaban J connectivity index is 1.56. The molecule has 0 bridgehead atoms. The van der Waals surface area contributed by atoms with Crippen molar-refractivity contribution in [2.24, 2.45) is 0 Å². The predicted molar refractivity (Wildman–Crippen MR) is 90.7 cm³/mol. The Morgan fingerprint density at radius 2 is 2.00 bits per heavy atom. The molecular formula is C18H15ClFNO5. The largest absolute Gasteiger partial charge is 0.454 e. The van der Waals surface area contributed by atoms with Crippen molar-refractivity contribution < 1.29 is 28.2 Å². The second-order valence-corrected chi connectivity index (χ2v) is 6.01. The summed E-state index contributed by atoms with van der Waals surface area (Å²) >= 11 is 5.74. The number of ether oxygens (including phenoxy) is 3. The number of hydrogen-bond donors (Lipinski definition) is 1. The summed E-state index contributed by atoms with van der Waals surface area (Å²) in [4.78, 5) is 24.1. The van der Waals surface area contributed by atoms with Crippen LogP contribution >= 0.6 is 11.6 Å². The molecule has 1 N–H and O–H groups in total. The van der Waals surface area contributed by atoms with Gasteiger partial charge in [0.25, 0.3) is 5.91 Å². The smallest absolute Gasteiger partial charge is 0.341 e. The summed E-state index contributed by atoms with van der Waals surface area (Å²) in [7, 11) is 0. The van der Waals surface area contributed by atoms with Crippen molar-refractivity contribution in [3.8, 4) is 11.5 Å². The molecule has 0 unspecified atom stereocenters. The van der Waals surface area contributed by atoms with Gasteiger partial charge in [-0.05, 0) is 42.8 Å². The van der Waals surface area contributed by atoms with Gasteiger partial charge in [-0.15, -0.1) is 0 Å². The summed E-state index contributed by atoms with van der Waals surface area (Å²) < 4.78 is 29.1. The van der Waals surface area contributed by atoms with Crippen molar-refractivity contribution >= 4 is 23.5 Å². The van der Waals surface area contributed by atoms with Crippen LogP contribution in [0.3, 0.4) is 0 Å². The standard InChI is InChI=1S/C18H15ClFNO5/c1-10(26-18(23)13-7-12(19)3-4-14(13)20)17(22)21-8-11-2-5-15-16(6-11)25-9-24-15/h2-7,10H,8-9H2,1H3,(H,21,22)/t10-/m0/s1. The number of benzene rings is 2. The van der Waals surface area contributed by atoms with Gasteiger partial charge < -0.3 is 19.5 Å². The Hall–Kier alpha value is -2.80. The molecule has 1 amide bonds. The number of halogens is 2. The van der Waals surface area contributed by atoms with Crippen LogP contribution in [0.4, 0.5) is 4.39 Å². The number of hydrogen-bond acceptors (Lipinski definition) is 5. The highest BCUT2D eigenvalue weighted by molar-refractivity contribution is 6.30. The molecule has 0 aromatic heterocycles. The molecule has 1 atom stereocenters. The maximum Gasteiger partial charge on any atom is 0.341 e. The van der Waals surface area contributed by atoms with Crippen LogP contribution in [-0.4, -0.2) is 24.8 Å². The second-order valence-electron chi connectivity index (χ2n) is 5.58. The van der Waals surface area contributed by atoms with E-state index in [-0.39, 0.29) is 23.9 Å². The Morgan fingerprint density at radius 1 is 1.23 bits per heavy atom. The molecule has 1 heterocycles. The lowest BCUT2D eigenvalue weighted by atomic mass is 10.2. The van der Waals surface area contributed by atoms with Gasteiger partial charge in [0, 0.05) is 11.6 Å². The van der Waals surface area contributed by atoms with Crippen LogP contribution in [0.2, 0.25) is 5.02 Å². The molecule has 0 aliphatic carbocycles. The van der Waals surface area contributed by atoms with E-state index in [1.807, 2.05) is 0 Å². The van der Waals surface area contributed by atoms with E-state index in [0.29, 0.717) is 11.5 Å². The first-order chi connectivity index (χ1) is 12.4. The zero-order valence-electron chi connectivity index (χ0n) is 13.8. The van der Waals surface area contributed by atoms with Crippen LogP contribution < -0.4 is 14.8 Å². The maximum atomic E-state index is 13.7. The normalized spacial score (nSPS) is 13.2. The number of fused-ring (bicyclic) bond motifs is 1. The SMILES string of the molecule is C[C@H](OC(=O)c1cc(Cl)ccc1F)C(=O)NCc1ccc2c(c1)OCO2. The summed E-state index contributed by atoms with van der Waals surface area (Å²) in [5.41, 5.74) is 0.468. The lowest BCUT2D eigenvalue weighted by Crippen LogP contribution is -2.35. The first-order valence-corrected chi connectivity index (χ1v) is 8.14. The van der Waals surface area contributed by atoms with Gasteiger partial charge in [-0.25, -0.2) is 9.18 Å². The van der Waals surface area contributed by atoms with Crippen LogP contribution in [0, 0.1) is 5.82 Å². The minimum atomic E-state index is -1.10. The summed E-state index contributed by atoms with van der Waals surface area (Å²) in [6.07, 6.45) is -1.10. The minimum absolute atomic E-state index is 0.165. The van der Waals surface area contributed by atoms with E-state index in [9.17, 15) is 14.0 Å². The fourth-order valence-electron chi connectivity index (χ4n) is 2.32. The van der Waals surface area contributed by atoms with E-state index in [2.05, 4.69) is 5.32 Å². The predicted octanol–water partition coefficient (Wildman–Crippen LogP) is 3.07. The first kappa shape index (κ1) is 18.0. The van der Waals surface area contributed by atoms with Crippen molar-refractivity contribution in [1.29, 1.82) is 0 Å². The van der Waals surface area contributed by atoms with Crippen molar-refractivity contribution in [1.82, 2.24) is 5.32 Å². The number of rotatable bonds is 5. The topological polar surface area (TPSA) is 73.9 Å². The molecule has 3 rings (SSSR count). The molecule has 1 aliphatic heterocycles. The number of carbonyl (C=O) groups is 2. The fourth-order valence-corrected chi connectivity index (χ4v) is 2.49. The van der Waals surface area contributed by atoms with Gasteiger partial charge in [-0.1, -0.05) is 17.7 Å². The molecular weight excluding hydrogens is 365 g/mol. The zero-order valence-corrected chi connectivity index (χ0v) is 14.5. The highest BCUT2D eigenvalue weighted by atomic mass is 35.5. The third-order valence-corrected chi connectivity index (χ3v) is 3.94. The molecule has 2 aromatic carbocycles. The zero-order chi connectivity index (χ0) is 18.7. The van der Waals surface area contributed by atoms with Crippen LogP contribution in [0.5, 0.6) is 11.5 Å². The van der Waals surface area contributed by atoms with E-state index < -0.39 is 23.8 Å². The summed E-state index contributed by atoms with van der Waals surface area (Å²) in [6, 6.07) is 8.80. The van der Waals surface area contributed by atoms with Crippen LogP contribution in [-0.2, 0) is 16.1 Å². The second kappa shape index (κ2) is 7.61. The van der Waals surface area contributed by atoms with Crippen LogP contribution in [0.1, 0.15) is 22.8 Å². The summed E-state index contributed by atoms with van der Waals surface area (Å²) in [6.45, 7) is 1.77. The third kappa shape index (κ3) is 4.05. The third-order valence-electron chi connectivity index (χ3n) is 3.71. The van der Waals surface area contributed by atoms with Gasteiger partial charge in [0.05, 0.1) is 5.56 Å². The van der Waals surface area contributed by atoms with Gasteiger partial charge in [0.15, 0.2) is 17.6 Å². The number of nitrogens with one attached hydrogen (secondary N) is 1. The lowest BCUT2D eigenvalue weighted by molar-refractivity contribution is -0.129. The average Bonchev–Trinajstić information content (AvgIpc) is 3.09. The van der Waals surface area contributed by atoms with Gasteiger partial charge in [0.2, 0.25) is 6.79 Å². The van der Waals surface area contributed by atoms with Crippen LogP contribution in [0.15, 0.2) is 36.4 Å². The molecule has 136 valence electrons. The van der Waals surface area contributed by atoms with Gasteiger partial charge in [-0.2, -0.15) is 0 Å². The molecule has 0 fully saturated rings. The van der Waals surface area contributed by atoms with Crippen molar-refractivity contribution in [2.45, 2.75) is 19.6 Å². The molecule has 2 aromatic rings. The highest BCUT2D eigenvalue weighted by Crippen LogP contribution is 2.32. The monoisotopic (exact) mass is 379 g/mol. The minimum Gasteiger partial charge on any atom is -0.454 e.